The first-order valence-electron chi connectivity index (χ1n) is 31.9. The lowest BCUT2D eigenvalue weighted by molar-refractivity contribution is -0.870. The summed E-state index contributed by atoms with van der Waals surface area (Å²) in [4.78, 5) is 37.7. The van der Waals surface area contributed by atoms with Crippen molar-refractivity contribution in [3.63, 3.8) is 0 Å². The third-order valence-electron chi connectivity index (χ3n) is 13.9. The normalized spacial score (nSPS) is 14.2. The lowest BCUT2D eigenvalue weighted by atomic mass is 10.0. The fourth-order valence-corrected chi connectivity index (χ4v) is 9.70. The summed E-state index contributed by atoms with van der Waals surface area (Å²) in [7, 11) is 1.45. The van der Waals surface area contributed by atoms with E-state index in [1.807, 2.05) is 39.4 Å². The zero-order chi connectivity index (χ0) is 56.4. The molecule has 0 aliphatic heterocycles. The second kappa shape index (κ2) is 56.5. The van der Waals surface area contributed by atoms with Gasteiger partial charge in [-0.25, -0.2) is 4.57 Å². The minimum absolute atomic E-state index is 0.0248. The van der Waals surface area contributed by atoms with E-state index in [0.717, 1.165) is 77.0 Å². The van der Waals surface area contributed by atoms with Gasteiger partial charge in [0.25, 0.3) is 0 Å². The Morgan fingerprint density at radius 1 is 0.468 bits per heavy atom. The van der Waals surface area contributed by atoms with Crippen molar-refractivity contribution in [2.24, 2.45) is 0 Å². The van der Waals surface area contributed by atoms with Gasteiger partial charge in [-0.05, 0) is 70.3 Å². The van der Waals surface area contributed by atoms with Crippen molar-refractivity contribution in [3.05, 3.63) is 85.1 Å². The molecule has 0 radical (unpaired) electrons. The maximum atomic E-state index is 13.5. The highest BCUT2D eigenvalue weighted by Gasteiger charge is 2.30. The highest BCUT2D eigenvalue weighted by molar-refractivity contribution is 7.47. The van der Waals surface area contributed by atoms with Crippen molar-refractivity contribution in [1.82, 2.24) is 5.32 Å². The first kappa shape index (κ1) is 74.2. The van der Waals surface area contributed by atoms with Crippen molar-refractivity contribution in [1.29, 1.82) is 0 Å². The molecule has 0 saturated carbocycles. The predicted molar refractivity (Wildman–Crippen MR) is 332 cm³/mol. The van der Waals surface area contributed by atoms with Crippen LogP contribution in [0, 0.1) is 0 Å². The average molecular weight is 1100 g/mol. The molecular weight excluding hydrogens is 976 g/mol. The van der Waals surface area contributed by atoms with Gasteiger partial charge in [0.1, 0.15) is 19.3 Å². The summed E-state index contributed by atoms with van der Waals surface area (Å²) < 4.78 is 30.7. The van der Waals surface area contributed by atoms with Gasteiger partial charge in [0.15, 0.2) is 0 Å². The second-order valence-electron chi connectivity index (χ2n) is 22.6. The summed E-state index contributed by atoms with van der Waals surface area (Å²) in [5.74, 6) is -0.597. The van der Waals surface area contributed by atoms with Gasteiger partial charge in [-0.1, -0.05) is 280 Å². The quantitative estimate of drug-likeness (QED) is 0.0205. The number of rotatable bonds is 57. The van der Waals surface area contributed by atoms with Crippen LogP contribution < -0.4 is 5.32 Å². The minimum Gasteiger partial charge on any atom is -0.456 e. The van der Waals surface area contributed by atoms with Crippen molar-refractivity contribution >= 4 is 19.7 Å². The zero-order valence-electron chi connectivity index (χ0n) is 50.9. The van der Waals surface area contributed by atoms with Crippen molar-refractivity contribution in [3.8, 4) is 0 Å². The number of unbranched alkanes of at least 4 members (excludes halogenated alkanes) is 29. The van der Waals surface area contributed by atoms with Gasteiger partial charge in [-0.2, -0.15) is 0 Å². The third kappa shape index (κ3) is 57.7. The number of nitrogens with one attached hydrogen (secondary N) is 1. The Balaban J connectivity index is 5.36. The number of amides is 1. The predicted octanol–water partition coefficient (Wildman–Crippen LogP) is 19.8. The summed E-state index contributed by atoms with van der Waals surface area (Å²) in [6.45, 7) is 6.86. The lowest BCUT2D eigenvalue weighted by Gasteiger charge is -2.27. The molecule has 0 aromatic rings. The molecule has 77 heavy (non-hydrogen) atoms. The van der Waals surface area contributed by atoms with Crippen LogP contribution in [0.15, 0.2) is 85.1 Å². The molecule has 0 aliphatic carbocycles. The number of nitrogens with zero attached hydrogens (tertiary/aromatic N) is 1. The molecular formula is C67H122N2O7P+. The van der Waals surface area contributed by atoms with Gasteiger partial charge in [0.05, 0.1) is 33.8 Å². The van der Waals surface area contributed by atoms with Gasteiger partial charge in [-0.15, -0.1) is 0 Å². The van der Waals surface area contributed by atoms with Crippen molar-refractivity contribution in [2.75, 3.05) is 40.9 Å². The lowest BCUT2D eigenvalue weighted by Crippen LogP contribution is -2.47. The van der Waals surface area contributed by atoms with Gasteiger partial charge >= 0.3 is 13.8 Å². The molecule has 0 bridgehead atoms. The summed E-state index contributed by atoms with van der Waals surface area (Å²) >= 11 is 0. The Labute approximate surface area is 476 Å². The van der Waals surface area contributed by atoms with Crippen LogP contribution in [0.2, 0.25) is 0 Å². The van der Waals surface area contributed by atoms with Gasteiger partial charge in [-0.3, -0.25) is 18.6 Å². The molecule has 0 aliphatic rings. The van der Waals surface area contributed by atoms with E-state index in [0.29, 0.717) is 17.4 Å². The highest BCUT2D eigenvalue weighted by Crippen LogP contribution is 2.43. The van der Waals surface area contributed by atoms with Gasteiger partial charge in [0, 0.05) is 12.8 Å². The van der Waals surface area contributed by atoms with Crippen LogP contribution in [0.1, 0.15) is 278 Å². The molecule has 0 rings (SSSR count). The number of phosphoric ester groups is 1. The number of hydrogen-bond donors (Lipinski definition) is 2. The Morgan fingerprint density at radius 2 is 0.844 bits per heavy atom. The Hall–Kier alpha value is -2.81. The number of phosphoric acid groups is 1. The molecule has 3 atom stereocenters. The number of quaternary nitrogens is 1. The summed E-state index contributed by atoms with van der Waals surface area (Å²) in [5.41, 5.74) is 0. The Morgan fingerprint density at radius 3 is 1.25 bits per heavy atom. The molecule has 0 aromatic heterocycles. The Kier molecular flexibility index (Phi) is 54.4. The van der Waals surface area contributed by atoms with Crippen LogP contribution in [0.3, 0.4) is 0 Å². The van der Waals surface area contributed by atoms with E-state index >= 15 is 0 Å². The monoisotopic (exact) mass is 1100 g/mol. The minimum atomic E-state index is -4.47. The van der Waals surface area contributed by atoms with Crippen LogP contribution in [0.4, 0.5) is 0 Å². The summed E-state index contributed by atoms with van der Waals surface area (Å²) in [5, 5.41) is 3.01. The number of esters is 1. The molecule has 10 heteroatoms. The number of carbonyl (C=O) groups excluding carboxylic acids is 2. The summed E-state index contributed by atoms with van der Waals surface area (Å²) in [6.07, 6.45) is 74.6. The van der Waals surface area contributed by atoms with Crippen LogP contribution in [-0.2, 0) is 27.9 Å². The van der Waals surface area contributed by atoms with E-state index in [1.165, 1.54) is 161 Å². The van der Waals surface area contributed by atoms with E-state index in [-0.39, 0.29) is 37.9 Å². The first-order valence-corrected chi connectivity index (χ1v) is 33.4. The molecule has 0 heterocycles. The first-order chi connectivity index (χ1) is 37.4. The van der Waals surface area contributed by atoms with Crippen LogP contribution in [-0.4, -0.2) is 74.3 Å². The largest absolute Gasteiger partial charge is 0.472 e. The van der Waals surface area contributed by atoms with E-state index in [9.17, 15) is 19.0 Å². The van der Waals surface area contributed by atoms with Gasteiger partial charge in [0.2, 0.25) is 5.91 Å². The molecule has 446 valence electrons. The topological polar surface area (TPSA) is 111 Å². The number of carbonyl (C=O) groups is 2. The zero-order valence-corrected chi connectivity index (χ0v) is 51.8. The Bertz CT molecular complexity index is 1590. The number of likely N-dealkylation sites (N-methyl/N-ethyl adjacent to an activating group) is 1. The molecule has 0 aromatic carbocycles. The van der Waals surface area contributed by atoms with E-state index in [2.05, 4.69) is 92.9 Å². The number of ether oxygens (including phenoxy) is 1. The molecule has 0 saturated heterocycles. The third-order valence-corrected chi connectivity index (χ3v) is 14.8. The molecule has 9 nitrogen and oxygen atoms in total. The standard InChI is InChI=1S/C67H121N2O7P/c1-7-10-13-16-19-22-25-28-30-32-34-36-38-41-44-47-50-53-56-59-66(70)68-64(63-75-77(72,73)74-62-61-69(4,5)6)65(58-55-52-49-46-43-40-27-24-21-18-15-12-9-3)76-67(71)60-57-54-51-48-45-42-39-37-35-33-31-29-26-23-20-17-14-11-8-2/h10,13,19,22,28,30,34,36,41,44,50,53,55,58,64-65H,7-9,11-12,14-18,20-21,23-27,29,31-33,35,37-40,42-43,45-49,51-52,54,56-57,59-63H2,1-6H3,(H-,68,70,72,73)/p+1/b13-10-,22-19-,30-28-,36-34-,44-41-,53-50-,58-55+. The van der Waals surface area contributed by atoms with E-state index in [4.69, 9.17) is 13.8 Å². The number of hydrogen-bond acceptors (Lipinski definition) is 6. The molecule has 0 spiro atoms. The van der Waals surface area contributed by atoms with Crippen molar-refractivity contribution in [2.45, 2.75) is 290 Å². The van der Waals surface area contributed by atoms with Crippen LogP contribution in [0.5, 0.6) is 0 Å². The average Bonchev–Trinajstić information content (AvgIpc) is 3.39. The number of allylic oxidation sites excluding steroid dienone is 13. The molecule has 3 unspecified atom stereocenters. The highest BCUT2D eigenvalue weighted by atomic mass is 31.2. The van der Waals surface area contributed by atoms with Crippen LogP contribution in [0.25, 0.3) is 0 Å². The summed E-state index contributed by atoms with van der Waals surface area (Å²) in [6, 6.07) is -0.891. The maximum Gasteiger partial charge on any atom is 0.472 e. The molecule has 2 N–H and O–H groups in total. The smallest absolute Gasteiger partial charge is 0.456 e. The van der Waals surface area contributed by atoms with Crippen LogP contribution >= 0.6 is 7.82 Å². The van der Waals surface area contributed by atoms with E-state index < -0.39 is 20.0 Å². The van der Waals surface area contributed by atoms with E-state index in [1.54, 1.807) is 0 Å². The maximum absolute atomic E-state index is 13.5. The second-order valence-corrected chi connectivity index (χ2v) is 24.0. The molecule has 1 amide bonds. The SMILES string of the molecule is CC/C=C\C/C=C\C/C=C\C/C=C\C/C=C\C/C=C\CCC(=O)NC(COP(=O)(O)OCC[N+](C)(C)C)C(/C=C/CCCCCCCCCCCCC)OC(=O)CCCCCCCCCCCCCCCCCCCCC. The fourth-order valence-electron chi connectivity index (χ4n) is 8.96. The van der Waals surface area contributed by atoms with Gasteiger partial charge < -0.3 is 19.4 Å². The fraction of sp³-hybridized carbons (Fsp3) is 0.761. The molecule has 0 fully saturated rings. The van der Waals surface area contributed by atoms with Crippen molar-refractivity contribution < 1.29 is 37.3 Å².